The molecule has 6 heteroatoms. The van der Waals surface area contributed by atoms with E-state index in [2.05, 4.69) is 4.72 Å². The molecule has 19 heavy (non-hydrogen) atoms. The van der Waals surface area contributed by atoms with Gasteiger partial charge in [-0.25, -0.2) is 13.1 Å². The Kier molecular flexibility index (Phi) is 4.13. The van der Waals surface area contributed by atoms with E-state index in [-0.39, 0.29) is 17.0 Å². The van der Waals surface area contributed by atoms with Crippen LogP contribution in [0, 0.1) is 0 Å². The molecule has 0 spiro atoms. The van der Waals surface area contributed by atoms with E-state index >= 15 is 0 Å². The van der Waals surface area contributed by atoms with E-state index in [0.29, 0.717) is 13.0 Å². The molecule has 1 aliphatic rings. The lowest BCUT2D eigenvalue weighted by Crippen LogP contribution is -2.29. The highest BCUT2D eigenvalue weighted by atomic mass is 32.2. The Balaban J connectivity index is 2.11. The quantitative estimate of drug-likeness (QED) is 0.846. The van der Waals surface area contributed by atoms with Gasteiger partial charge in [0.25, 0.3) is 0 Å². The molecular weight excluding hydrogens is 264 g/mol. The summed E-state index contributed by atoms with van der Waals surface area (Å²) in [6.07, 6.45) is 1.47. The van der Waals surface area contributed by atoms with Crippen LogP contribution in [-0.2, 0) is 16.4 Å². The molecule has 0 saturated carbocycles. The molecule has 106 valence electrons. The average Bonchev–Trinajstić information content (AvgIpc) is 2.67. The molecule has 1 aromatic carbocycles. The predicted molar refractivity (Wildman–Crippen MR) is 73.7 cm³/mol. The van der Waals surface area contributed by atoms with Gasteiger partial charge in [0.05, 0.1) is 4.90 Å². The minimum absolute atomic E-state index is 0.0167. The maximum absolute atomic E-state index is 12.1. The Labute approximate surface area is 114 Å². The average molecular weight is 284 g/mol. The highest BCUT2D eigenvalue weighted by molar-refractivity contribution is 7.89. The summed E-state index contributed by atoms with van der Waals surface area (Å²) in [5.74, 6) is 0.780. The van der Waals surface area contributed by atoms with Gasteiger partial charge >= 0.3 is 0 Å². The molecule has 0 fully saturated rings. The van der Waals surface area contributed by atoms with Crippen LogP contribution in [0.15, 0.2) is 23.1 Å². The third-order valence-electron chi connectivity index (χ3n) is 3.07. The van der Waals surface area contributed by atoms with Gasteiger partial charge in [-0.2, -0.15) is 0 Å². The standard InChI is InChI=1S/C13H20N2O3S/c1-9(14)5-6-15-19(16,17)12-3-4-13-11(8-12)7-10(2)18-13/h3-4,8-10,15H,5-7,14H2,1-2H3. The van der Waals surface area contributed by atoms with Crippen LogP contribution >= 0.6 is 0 Å². The number of nitrogens with two attached hydrogens (primary N) is 1. The van der Waals surface area contributed by atoms with Gasteiger partial charge in [-0.15, -0.1) is 0 Å². The number of benzene rings is 1. The van der Waals surface area contributed by atoms with E-state index in [1.807, 2.05) is 13.8 Å². The fourth-order valence-corrected chi connectivity index (χ4v) is 3.17. The number of hydrogen-bond acceptors (Lipinski definition) is 4. The van der Waals surface area contributed by atoms with Crippen molar-refractivity contribution in [3.05, 3.63) is 23.8 Å². The van der Waals surface area contributed by atoms with Gasteiger partial charge in [0.2, 0.25) is 10.0 Å². The normalized spacial score (nSPS) is 19.8. The first-order chi connectivity index (χ1) is 8.88. The maximum Gasteiger partial charge on any atom is 0.240 e. The molecule has 2 atom stereocenters. The Bertz CT molecular complexity index is 555. The number of ether oxygens (including phenoxy) is 1. The summed E-state index contributed by atoms with van der Waals surface area (Å²) in [5, 5.41) is 0. The van der Waals surface area contributed by atoms with Gasteiger partial charge in [-0.1, -0.05) is 0 Å². The molecule has 0 amide bonds. The summed E-state index contributed by atoms with van der Waals surface area (Å²) in [7, 11) is -3.46. The smallest absolute Gasteiger partial charge is 0.240 e. The maximum atomic E-state index is 12.1. The number of nitrogens with one attached hydrogen (secondary N) is 1. The third-order valence-corrected chi connectivity index (χ3v) is 4.53. The summed E-state index contributed by atoms with van der Waals surface area (Å²) in [5.41, 5.74) is 6.54. The van der Waals surface area contributed by atoms with Crippen LogP contribution in [-0.4, -0.2) is 27.1 Å². The summed E-state index contributed by atoms with van der Waals surface area (Å²) < 4.78 is 32.3. The van der Waals surface area contributed by atoms with Crippen LogP contribution in [0.5, 0.6) is 5.75 Å². The van der Waals surface area contributed by atoms with Crippen molar-refractivity contribution in [1.82, 2.24) is 4.72 Å². The monoisotopic (exact) mass is 284 g/mol. The molecule has 1 heterocycles. The first-order valence-electron chi connectivity index (χ1n) is 6.43. The van der Waals surface area contributed by atoms with E-state index in [4.69, 9.17) is 10.5 Å². The molecule has 0 bridgehead atoms. The van der Waals surface area contributed by atoms with Gasteiger partial charge in [-0.05, 0) is 44.0 Å². The molecule has 5 nitrogen and oxygen atoms in total. The van der Waals surface area contributed by atoms with Crippen LogP contribution in [0.4, 0.5) is 0 Å². The summed E-state index contributed by atoms with van der Waals surface area (Å²) in [4.78, 5) is 0.286. The minimum Gasteiger partial charge on any atom is -0.490 e. The van der Waals surface area contributed by atoms with Gasteiger partial charge in [0, 0.05) is 19.0 Å². The zero-order valence-electron chi connectivity index (χ0n) is 11.2. The van der Waals surface area contributed by atoms with E-state index in [0.717, 1.165) is 17.7 Å². The summed E-state index contributed by atoms with van der Waals surface area (Å²) in [6.45, 7) is 4.17. The highest BCUT2D eigenvalue weighted by Crippen LogP contribution is 2.30. The molecular formula is C13H20N2O3S. The van der Waals surface area contributed by atoms with E-state index in [1.54, 1.807) is 18.2 Å². The fraction of sp³-hybridized carbons (Fsp3) is 0.538. The molecule has 1 aromatic rings. The lowest BCUT2D eigenvalue weighted by atomic mass is 10.1. The van der Waals surface area contributed by atoms with Gasteiger partial charge in [0.15, 0.2) is 0 Å². The second-order valence-corrected chi connectivity index (χ2v) is 6.83. The topological polar surface area (TPSA) is 81.4 Å². The molecule has 0 saturated heterocycles. The van der Waals surface area contributed by atoms with Crippen LogP contribution in [0.3, 0.4) is 0 Å². The van der Waals surface area contributed by atoms with E-state index in [9.17, 15) is 8.42 Å². The van der Waals surface area contributed by atoms with Crippen LogP contribution < -0.4 is 15.2 Å². The summed E-state index contributed by atoms with van der Waals surface area (Å²) in [6, 6.07) is 4.97. The predicted octanol–water partition coefficient (Wildman–Crippen LogP) is 1.03. The zero-order chi connectivity index (χ0) is 14.0. The Morgan fingerprint density at radius 3 is 2.95 bits per heavy atom. The van der Waals surface area contributed by atoms with Gasteiger partial charge in [-0.3, -0.25) is 0 Å². The molecule has 1 aliphatic heterocycles. The van der Waals surface area contributed by atoms with Crippen LogP contribution in [0.1, 0.15) is 25.8 Å². The highest BCUT2D eigenvalue weighted by Gasteiger charge is 2.22. The number of fused-ring (bicyclic) bond motifs is 1. The molecule has 0 radical (unpaired) electrons. The summed E-state index contributed by atoms with van der Waals surface area (Å²) >= 11 is 0. The minimum atomic E-state index is -3.46. The van der Waals surface area contributed by atoms with Crippen molar-refractivity contribution in [1.29, 1.82) is 0 Å². The van der Waals surface area contributed by atoms with Crippen molar-refractivity contribution in [3.8, 4) is 5.75 Å². The lowest BCUT2D eigenvalue weighted by molar-refractivity contribution is 0.254. The number of rotatable bonds is 5. The zero-order valence-corrected chi connectivity index (χ0v) is 12.0. The second-order valence-electron chi connectivity index (χ2n) is 5.07. The van der Waals surface area contributed by atoms with Crippen LogP contribution in [0.25, 0.3) is 0 Å². The molecule has 0 aliphatic carbocycles. The fourth-order valence-electron chi connectivity index (χ4n) is 2.07. The number of hydrogen-bond donors (Lipinski definition) is 2. The van der Waals surface area contributed by atoms with Crippen molar-refractivity contribution < 1.29 is 13.2 Å². The van der Waals surface area contributed by atoms with Crippen molar-refractivity contribution in [2.45, 2.75) is 43.7 Å². The van der Waals surface area contributed by atoms with E-state index < -0.39 is 10.0 Å². The van der Waals surface area contributed by atoms with Crippen molar-refractivity contribution in [2.24, 2.45) is 5.73 Å². The van der Waals surface area contributed by atoms with Gasteiger partial charge in [0.1, 0.15) is 11.9 Å². The Hall–Kier alpha value is -1.11. The molecule has 3 N–H and O–H groups in total. The molecule has 2 rings (SSSR count). The lowest BCUT2D eigenvalue weighted by Gasteiger charge is -2.09. The molecule has 2 unspecified atom stereocenters. The first kappa shape index (κ1) is 14.3. The van der Waals surface area contributed by atoms with E-state index in [1.165, 1.54) is 0 Å². The largest absolute Gasteiger partial charge is 0.490 e. The van der Waals surface area contributed by atoms with Crippen LogP contribution in [0.2, 0.25) is 0 Å². The molecule has 0 aromatic heterocycles. The second kappa shape index (κ2) is 5.48. The Morgan fingerprint density at radius 1 is 1.53 bits per heavy atom. The SMILES string of the molecule is CC(N)CCNS(=O)(=O)c1ccc2c(c1)CC(C)O2. The number of sulfonamides is 1. The third kappa shape index (κ3) is 3.46. The van der Waals surface area contributed by atoms with Gasteiger partial charge < -0.3 is 10.5 Å². The van der Waals surface area contributed by atoms with Crippen molar-refractivity contribution in [2.75, 3.05) is 6.54 Å². The first-order valence-corrected chi connectivity index (χ1v) is 7.91. The van der Waals surface area contributed by atoms with Crippen molar-refractivity contribution in [3.63, 3.8) is 0 Å². The van der Waals surface area contributed by atoms with Crippen molar-refractivity contribution >= 4 is 10.0 Å². The Morgan fingerprint density at radius 2 is 2.26 bits per heavy atom.